The van der Waals surface area contributed by atoms with Gasteiger partial charge in [0.2, 0.25) is 0 Å². The molecule has 21 heavy (non-hydrogen) atoms. The van der Waals surface area contributed by atoms with Crippen molar-refractivity contribution in [3.63, 3.8) is 0 Å². The zero-order valence-electron chi connectivity index (χ0n) is 12.5. The highest BCUT2D eigenvalue weighted by Crippen LogP contribution is 2.21. The Balaban J connectivity index is 2.15. The number of nitrogens with zero attached hydrogens (tertiary/aromatic N) is 1. The van der Waals surface area contributed by atoms with Gasteiger partial charge < -0.3 is 15.4 Å². The Hall–Kier alpha value is -1.69. The minimum atomic E-state index is -0.521. The molecule has 2 rings (SSSR count). The molecule has 0 aliphatic carbocycles. The number of rotatable bonds is 5. The summed E-state index contributed by atoms with van der Waals surface area (Å²) < 4.78 is 18.8. The van der Waals surface area contributed by atoms with Gasteiger partial charge in [-0.2, -0.15) is 0 Å². The van der Waals surface area contributed by atoms with Gasteiger partial charge in [0.05, 0.1) is 23.9 Å². The zero-order valence-corrected chi connectivity index (χ0v) is 12.5. The molecule has 6 heteroatoms. The Kier molecular flexibility index (Phi) is 5.12. The Morgan fingerprint density at radius 3 is 3.05 bits per heavy atom. The first kappa shape index (κ1) is 15.7. The molecule has 2 N–H and O–H groups in total. The largest absolute Gasteiger partial charge is 0.379 e. The van der Waals surface area contributed by atoms with Crippen LogP contribution in [0.3, 0.4) is 0 Å². The molecule has 0 bridgehead atoms. The summed E-state index contributed by atoms with van der Waals surface area (Å²) in [6.07, 6.45) is 3.75. The molecule has 0 spiro atoms. The van der Waals surface area contributed by atoms with Crippen LogP contribution in [0.25, 0.3) is 0 Å². The number of carbonyl (C=O) groups excluding carboxylic acids is 1. The lowest BCUT2D eigenvalue weighted by molar-refractivity contribution is 0.0272. The smallest absolute Gasteiger partial charge is 0.255 e. The molecule has 2 heterocycles. The van der Waals surface area contributed by atoms with Crippen LogP contribution in [0.1, 0.15) is 43.5 Å². The number of hydrogen-bond donors (Lipinski definition) is 2. The van der Waals surface area contributed by atoms with Crippen molar-refractivity contribution in [3.05, 3.63) is 23.6 Å². The van der Waals surface area contributed by atoms with E-state index in [4.69, 9.17) is 4.74 Å². The van der Waals surface area contributed by atoms with Gasteiger partial charge >= 0.3 is 0 Å². The minimum absolute atomic E-state index is 0.232. The third-order valence-corrected chi connectivity index (χ3v) is 3.49. The summed E-state index contributed by atoms with van der Waals surface area (Å²) in [5.41, 5.74) is -0.181. The molecule has 116 valence electrons. The molecule has 5 nitrogen and oxygen atoms in total. The maximum Gasteiger partial charge on any atom is 0.255 e. The van der Waals surface area contributed by atoms with Gasteiger partial charge in [0.1, 0.15) is 11.6 Å². The van der Waals surface area contributed by atoms with Crippen LogP contribution in [0.15, 0.2) is 12.3 Å². The van der Waals surface area contributed by atoms with Crippen molar-refractivity contribution in [2.24, 2.45) is 0 Å². The molecular formula is C15H22FN3O2. The van der Waals surface area contributed by atoms with Crippen molar-refractivity contribution in [2.75, 3.05) is 25.1 Å². The molecule has 1 aliphatic rings. The second kappa shape index (κ2) is 6.85. The summed E-state index contributed by atoms with van der Waals surface area (Å²) in [5.74, 6) is -0.433. The summed E-state index contributed by atoms with van der Waals surface area (Å²) in [5, 5.41) is 6.00. The van der Waals surface area contributed by atoms with Crippen LogP contribution in [0.4, 0.5) is 10.2 Å². The average molecular weight is 295 g/mol. The maximum atomic E-state index is 13.4. The molecule has 1 aromatic heterocycles. The molecule has 1 unspecified atom stereocenters. The van der Waals surface area contributed by atoms with E-state index >= 15 is 0 Å². The third-order valence-electron chi connectivity index (χ3n) is 3.49. The second-order valence-electron chi connectivity index (χ2n) is 5.65. The lowest BCUT2D eigenvalue weighted by Gasteiger charge is -2.34. The topological polar surface area (TPSA) is 63.2 Å². The van der Waals surface area contributed by atoms with E-state index in [1.54, 1.807) is 0 Å². The summed E-state index contributed by atoms with van der Waals surface area (Å²) in [7, 11) is 0. The van der Waals surface area contributed by atoms with Gasteiger partial charge in [-0.3, -0.25) is 4.79 Å². The van der Waals surface area contributed by atoms with Gasteiger partial charge in [-0.05, 0) is 32.3 Å². The van der Waals surface area contributed by atoms with Crippen LogP contribution in [0.2, 0.25) is 0 Å². The molecule has 0 radical (unpaired) electrons. The first-order valence-corrected chi connectivity index (χ1v) is 7.34. The normalized spacial score (nSPS) is 21.9. The van der Waals surface area contributed by atoms with E-state index in [2.05, 4.69) is 15.6 Å². The Bertz CT molecular complexity index is 502. The van der Waals surface area contributed by atoms with E-state index in [0.717, 1.165) is 32.1 Å². The quantitative estimate of drug-likeness (QED) is 0.875. The van der Waals surface area contributed by atoms with Crippen LogP contribution in [-0.2, 0) is 4.74 Å². The van der Waals surface area contributed by atoms with Crippen LogP contribution in [0, 0.1) is 5.82 Å². The van der Waals surface area contributed by atoms with Gasteiger partial charge in [0, 0.05) is 13.2 Å². The number of anilines is 1. The molecule has 1 saturated heterocycles. The zero-order chi connectivity index (χ0) is 15.3. The SMILES string of the molecule is CCCNc1ncc(F)cc1C(=O)NC1(C)CCCOC1. The van der Waals surface area contributed by atoms with E-state index in [-0.39, 0.29) is 11.5 Å². The fourth-order valence-corrected chi connectivity index (χ4v) is 2.37. The first-order valence-electron chi connectivity index (χ1n) is 7.34. The first-order chi connectivity index (χ1) is 10.0. The number of hydrogen-bond acceptors (Lipinski definition) is 4. The molecule has 1 amide bonds. The molecular weight excluding hydrogens is 273 g/mol. The highest BCUT2D eigenvalue weighted by atomic mass is 19.1. The monoisotopic (exact) mass is 295 g/mol. The minimum Gasteiger partial charge on any atom is -0.379 e. The highest BCUT2D eigenvalue weighted by molar-refractivity contribution is 5.99. The van der Waals surface area contributed by atoms with Gasteiger partial charge in [-0.1, -0.05) is 6.92 Å². The second-order valence-corrected chi connectivity index (χ2v) is 5.65. The number of pyridine rings is 1. The highest BCUT2D eigenvalue weighted by Gasteiger charge is 2.30. The number of halogens is 1. The van der Waals surface area contributed by atoms with Crippen LogP contribution >= 0.6 is 0 Å². The van der Waals surface area contributed by atoms with Crippen molar-refractivity contribution in [1.82, 2.24) is 10.3 Å². The van der Waals surface area contributed by atoms with Crippen molar-refractivity contribution >= 4 is 11.7 Å². The van der Waals surface area contributed by atoms with Crippen LogP contribution in [-0.4, -0.2) is 36.2 Å². The van der Waals surface area contributed by atoms with Crippen molar-refractivity contribution < 1.29 is 13.9 Å². The van der Waals surface area contributed by atoms with Gasteiger partial charge in [-0.25, -0.2) is 9.37 Å². The summed E-state index contributed by atoms with van der Waals surface area (Å²) in [4.78, 5) is 16.4. The Labute approximate surface area is 124 Å². The number of carbonyl (C=O) groups is 1. The fraction of sp³-hybridized carbons (Fsp3) is 0.600. The lowest BCUT2D eigenvalue weighted by Crippen LogP contribution is -2.51. The predicted molar refractivity (Wildman–Crippen MR) is 78.9 cm³/mol. The molecule has 1 aromatic rings. The van der Waals surface area contributed by atoms with Crippen molar-refractivity contribution in [2.45, 2.75) is 38.6 Å². The summed E-state index contributed by atoms with van der Waals surface area (Å²) in [6.45, 7) is 5.82. The van der Waals surface area contributed by atoms with Crippen LogP contribution < -0.4 is 10.6 Å². The standard InChI is InChI=1S/C15H22FN3O2/c1-3-6-17-13-12(8-11(16)9-18-13)14(20)19-15(2)5-4-7-21-10-15/h8-9H,3-7,10H2,1-2H3,(H,17,18)(H,19,20). The van der Waals surface area contributed by atoms with E-state index in [1.807, 2.05) is 13.8 Å². The molecule has 1 fully saturated rings. The fourth-order valence-electron chi connectivity index (χ4n) is 2.37. The third kappa shape index (κ3) is 4.14. The number of nitrogens with one attached hydrogen (secondary N) is 2. The number of amides is 1. The Morgan fingerprint density at radius 2 is 2.38 bits per heavy atom. The van der Waals surface area contributed by atoms with Gasteiger partial charge in [-0.15, -0.1) is 0 Å². The van der Waals surface area contributed by atoms with E-state index in [1.165, 1.54) is 6.07 Å². The van der Waals surface area contributed by atoms with Gasteiger partial charge in [0.25, 0.3) is 5.91 Å². The van der Waals surface area contributed by atoms with Crippen molar-refractivity contribution in [3.8, 4) is 0 Å². The van der Waals surface area contributed by atoms with Gasteiger partial charge in [0.15, 0.2) is 0 Å². The van der Waals surface area contributed by atoms with E-state index in [9.17, 15) is 9.18 Å². The Morgan fingerprint density at radius 1 is 1.57 bits per heavy atom. The van der Waals surface area contributed by atoms with E-state index in [0.29, 0.717) is 19.0 Å². The molecule has 0 aromatic carbocycles. The predicted octanol–water partition coefficient (Wildman–Crippen LogP) is 2.34. The maximum absolute atomic E-state index is 13.4. The molecule has 1 atom stereocenters. The molecule has 1 aliphatic heterocycles. The number of aromatic nitrogens is 1. The van der Waals surface area contributed by atoms with Crippen molar-refractivity contribution in [1.29, 1.82) is 0 Å². The lowest BCUT2D eigenvalue weighted by atomic mass is 9.94. The van der Waals surface area contributed by atoms with E-state index < -0.39 is 11.4 Å². The average Bonchev–Trinajstić information content (AvgIpc) is 2.46. The number of ether oxygens (including phenoxy) is 1. The summed E-state index contributed by atoms with van der Waals surface area (Å²) in [6, 6.07) is 1.22. The molecule has 0 saturated carbocycles. The summed E-state index contributed by atoms with van der Waals surface area (Å²) >= 11 is 0. The van der Waals surface area contributed by atoms with Crippen LogP contribution in [0.5, 0.6) is 0 Å².